The lowest BCUT2D eigenvalue weighted by atomic mass is 9.71. The van der Waals surface area contributed by atoms with E-state index in [4.69, 9.17) is 4.74 Å². The number of esters is 1. The molecule has 164 valence electrons. The smallest absolute Gasteiger partial charge is 0.310 e. The van der Waals surface area contributed by atoms with E-state index in [1.807, 2.05) is 27.7 Å². The molecular weight excluding hydrogens is 460 g/mol. The molecule has 0 aromatic heterocycles. The van der Waals surface area contributed by atoms with E-state index >= 15 is 0 Å². The Labute approximate surface area is 184 Å². The molecule has 0 aromatic rings. The third kappa shape index (κ3) is 3.51. The van der Waals surface area contributed by atoms with Crippen LogP contribution in [0.2, 0.25) is 0 Å². The number of fused-ring (bicyclic) bond motifs is 1. The molecule has 3 rings (SSSR count). The number of carbonyl (C=O) groups excluding carboxylic acids is 3. The number of halogens is 1. The van der Waals surface area contributed by atoms with Crippen LogP contribution in [0.4, 0.5) is 0 Å². The fraction of sp³-hybridized carbons (Fsp3) is 0.850. The van der Waals surface area contributed by atoms with Gasteiger partial charge in [0.1, 0.15) is 6.04 Å². The summed E-state index contributed by atoms with van der Waals surface area (Å²) < 4.78 is 4.62. The van der Waals surface area contributed by atoms with Gasteiger partial charge in [-0.15, -0.1) is 11.8 Å². The van der Waals surface area contributed by atoms with Gasteiger partial charge in [0.25, 0.3) is 0 Å². The van der Waals surface area contributed by atoms with Crippen molar-refractivity contribution in [2.45, 2.75) is 74.0 Å². The molecule has 2 bridgehead atoms. The highest BCUT2D eigenvalue weighted by Gasteiger charge is 2.76. The number of nitrogens with one attached hydrogen (secondary N) is 1. The van der Waals surface area contributed by atoms with Gasteiger partial charge < -0.3 is 20.1 Å². The van der Waals surface area contributed by atoms with Crippen LogP contribution in [0.15, 0.2) is 0 Å². The second-order valence-corrected chi connectivity index (χ2v) is 11.5. The van der Waals surface area contributed by atoms with Crippen LogP contribution in [0.1, 0.15) is 41.0 Å². The number of hydrogen-bond donors (Lipinski definition) is 2. The number of nitrogens with zero attached hydrogens (tertiary/aromatic N) is 1. The number of alkyl halides is 1. The Hall–Kier alpha value is -0.800. The van der Waals surface area contributed by atoms with Crippen molar-refractivity contribution in [3.63, 3.8) is 0 Å². The first-order valence-electron chi connectivity index (χ1n) is 10.3. The molecule has 3 fully saturated rings. The highest BCUT2D eigenvalue weighted by molar-refractivity contribution is 9.09. The van der Waals surface area contributed by atoms with Gasteiger partial charge in [-0.3, -0.25) is 14.4 Å². The Balaban J connectivity index is 2.10. The molecule has 9 heteroatoms. The summed E-state index contributed by atoms with van der Waals surface area (Å²) in [7, 11) is 0. The molecule has 7 nitrogen and oxygen atoms in total. The minimum absolute atomic E-state index is 0.0203. The van der Waals surface area contributed by atoms with E-state index in [0.29, 0.717) is 6.42 Å². The van der Waals surface area contributed by atoms with E-state index < -0.39 is 28.7 Å². The summed E-state index contributed by atoms with van der Waals surface area (Å²) in [5.74, 6) is -2.03. The average Bonchev–Trinajstić information content (AvgIpc) is 3.19. The Bertz CT molecular complexity index is 690. The van der Waals surface area contributed by atoms with Crippen molar-refractivity contribution >= 4 is 45.5 Å². The van der Waals surface area contributed by atoms with Gasteiger partial charge >= 0.3 is 5.97 Å². The molecule has 0 aromatic carbocycles. The Kier molecular flexibility index (Phi) is 6.61. The van der Waals surface area contributed by atoms with E-state index in [-0.39, 0.29) is 53.0 Å². The summed E-state index contributed by atoms with van der Waals surface area (Å²) in [5.41, 5.74) is 0. The van der Waals surface area contributed by atoms with Crippen LogP contribution in [0.3, 0.4) is 0 Å². The molecule has 29 heavy (non-hydrogen) atoms. The van der Waals surface area contributed by atoms with E-state index in [1.54, 1.807) is 23.6 Å². The van der Waals surface area contributed by atoms with Gasteiger partial charge in [-0.05, 0) is 33.1 Å². The maximum atomic E-state index is 13.7. The summed E-state index contributed by atoms with van der Waals surface area (Å²) in [5, 5.41) is 12.9. The Morgan fingerprint density at radius 1 is 1.38 bits per heavy atom. The zero-order valence-corrected chi connectivity index (χ0v) is 20.0. The third-order valence-corrected chi connectivity index (χ3v) is 9.50. The summed E-state index contributed by atoms with van der Waals surface area (Å²) >= 11 is 5.28. The molecule has 1 spiro atoms. The summed E-state index contributed by atoms with van der Waals surface area (Å²) in [6.45, 7) is 9.40. The second kappa shape index (κ2) is 8.38. The number of amides is 2. The van der Waals surface area contributed by atoms with Crippen LogP contribution in [0.25, 0.3) is 0 Å². The van der Waals surface area contributed by atoms with Gasteiger partial charge in [0.05, 0.1) is 35.8 Å². The number of aliphatic hydroxyl groups is 1. The van der Waals surface area contributed by atoms with Crippen LogP contribution >= 0.6 is 27.7 Å². The van der Waals surface area contributed by atoms with Gasteiger partial charge in [0.2, 0.25) is 11.8 Å². The minimum atomic E-state index is -0.726. The van der Waals surface area contributed by atoms with Crippen molar-refractivity contribution in [2.24, 2.45) is 17.8 Å². The van der Waals surface area contributed by atoms with Gasteiger partial charge in [-0.2, -0.15) is 0 Å². The molecule has 3 heterocycles. The summed E-state index contributed by atoms with van der Waals surface area (Å²) in [6.07, 6.45) is 0.623. The largest absolute Gasteiger partial charge is 0.466 e. The number of rotatable bonds is 7. The number of ether oxygens (including phenoxy) is 1. The number of carbonyl (C=O) groups is 3. The first kappa shape index (κ1) is 22.9. The van der Waals surface area contributed by atoms with E-state index in [0.717, 1.165) is 0 Å². The quantitative estimate of drug-likeness (QED) is 0.415. The topological polar surface area (TPSA) is 95.9 Å². The van der Waals surface area contributed by atoms with E-state index in [1.165, 1.54) is 0 Å². The third-order valence-electron chi connectivity index (χ3n) is 6.28. The van der Waals surface area contributed by atoms with Crippen molar-refractivity contribution < 1.29 is 24.2 Å². The van der Waals surface area contributed by atoms with Crippen molar-refractivity contribution in [3.05, 3.63) is 0 Å². The SMILES string of the molecule is CCOC(=O)[C@H]1[C@H]2C(=O)N([C@@H](CO)C(C)C)C(C(=O)NC(C)C)C23CC(Br)[C@@H]1S3. The molecule has 0 saturated carbocycles. The highest BCUT2D eigenvalue weighted by atomic mass is 79.9. The van der Waals surface area contributed by atoms with E-state index in [9.17, 15) is 19.5 Å². The normalized spacial score (nSPS) is 36.7. The number of likely N-dealkylation sites (tertiary alicyclic amines) is 1. The standard InChI is InChI=1S/C20H31BrN2O5S/c1-6-28-19(27)13-14-18(26)23(12(8-24)9(2)3)16(17(25)22-10(4)5)20(14)7-11(21)15(13)29-20/h9-16,24H,6-8H2,1-5H3,(H,22,25)/t11?,12-,13-,14-,15-,16?,20?/m0/s1. The van der Waals surface area contributed by atoms with Crippen LogP contribution in [-0.4, -0.2) is 74.0 Å². The fourth-order valence-corrected chi connectivity index (χ4v) is 8.80. The summed E-state index contributed by atoms with van der Waals surface area (Å²) in [6, 6.07) is -1.29. The van der Waals surface area contributed by atoms with Gasteiger partial charge in [-0.25, -0.2) is 0 Å². The van der Waals surface area contributed by atoms with E-state index in [2.05, 4.69) is 21.2 Å². The van der Waals surface area contributed by atoms with Gasteiger partial charge in [0.15, 0.2) is 0 Å². The average molecular weight is 491 g/mol. The monoisotopic (exact) mass is 490 g/mol. The van der Waals surface area contributed by atoms with Crippen LogP contribution in [0.5, 0.6) is 0 Å². The van der Waals surface area contributed by atoms with Gasteiger partial charge in [-0.1, -0.05) is 29.8 Å². The van der Waals surface area contributed by atoms with Crippen molar-refractivity contribution in [1.29, 1.82) is 0 Å². The van der Waals surface area contributed by atoms with Crippen LogP contribution in [-0.2, 0) is 19.1 Å². The molecule has 0 radical (unpaired) electrons. The zero-order valence-electron chi connectivity index (χ0n) is 17.6. The molecule has 3 saturated heterocycles. The molecule has 0 aliphatic carbocycles. The van der Waals surface area contributed by atoms with Crippen LogP contribution < -0.4 is 5.32 Å². The number of aliphatic hydroxyl groups excluding tert-OH is 1. The second-order valence-electron chi connectivity index (χ2n) is 8.82. The predicted molar refractivity (Wildman–Crippen MR) is 115 cm³/mol. The Morgan fingerprint density at radius 3 is 2.55 bits per heavy atom. The molecule has 7 atom stereocenters. The lowest BCUT2D eigenvalue weighted by Crippen LogP contribution is -2.58. The number of thioether (sulfide) groups is 1. The highest BCUT2D eigenvalue weighted by Crippen LogP contribution is 2.68. The molecule has 2 amide bonds. The van der Waals surface area contributed by atoms with Crippen molar-refractivity contribution in [3.8, 4) is 0 Å². The fourth-order valence-electron chi connectivity index (χ4n) is 5.22. The zero-order chi connectivity index (χ0) is 21.7. The molecule has 3 unspecified atom stereocenters. The lowest BCUT2D eigenvalue weighted by molar-refractivity contribution is -0.154. The first-order valence-corrected chi connectivity index (χ1v) is 12.1. The predicted octanol–water partition coefficient (Wildman–Crippen LogP) is 1.56. The molecular formula is C20H31BrN2O5S. The summed E-state index contributed by atoms with van der Waals surface area (Å²) in [4.78, 5) is 41.5. The molecule has 3 aliphatic rings. The maximum Gasteiger partial charge on any atom is 0.310 e. The van der Waals surface area contributed by atoms with Gasteiger partial charge in [0, 0.05) is 16.1 Å². The van der Waals surface area contributed by atoms with Crippen molar-refractivity contribution in [1.82, 2.24) is 10.2 Å². The van der Waals surface area contributed by atoms with Crippen LogP contribution in [0, 0.1) is 17.8 Å². The lowest BCUT2D eigenvalue weighted by Gasteiger charge is -2.39. The molecule has 3 aliphatic heterocycles. The minimum Gasteiger partial charge on any atom is -0.466 e. The Morgan fingerprint density at radius 2 is 2.03 bits per heavy atom. The maximum absolute atomic E-state index is 13.7. The number of hydrogen-bond acceptors (Lipinski definition) is 6. The molecule has 2 N–H and O–H groups in total. The first-order chi connectivity index (χ1) is 13.6. The van der Waals surface area contributed by atoms with Crippen molar-refractivity contribution in [2.75, 3.05) is 13.2 Å².